The zero-order valence-electron chi connectivity index (χ0n) is 12.2. The van der Waals surface area contributed by atoms with Crippen LogP contribution in [0.3, 0.4) is 0 Å². The van der Waals surface area contributed by atoms with Gasteiger partial charge in [0.05, 0.1) is 9.82 Å². The van der Waals surface area contributed by atoms with Gasteiger partial charge in [0.25, 0.3) is 15.7 Å². The normalized spacial score (nSPS) is 11.4. The molecule has 1 N–H and O–H groups in total. The number of hydrogen-bond donors (Lipinski definition) is 1. The number of non-ortho nitro benzene ring substituents is 1. The Labute approximate surface area is 129 Å². The second-order valence-electron chi connectivity index (χ2n) is 5.14. The van der Waals surface area contributed by atoms with E-state index in [0.717, 1.165) is 11.6 Å². The number of nitro groups is 1. The summed E-state index contributed by atoms with van der Waals surface area (Å²) in [5.74, 6) is 0.349. The highest BCUT2D eigenvalue weighted by molar-refractivity contribution is 7.92. The smallest absolute Gasteiger partial charge is 0.270 e. The predicted molar refractivity (Wildman–Crippen MR) is 84.4 cm³/mol. The van der Waals surface area contributed by atoms with Crippen molar-refractivity contribution in [3.8, 4) is 0 Å². The van der Waals surface area contributed by atoms with E-state index in [0.29, 0.717) is 11.6 Å². The summed E-state index contributed by atoms with van der Waals surface area (Å²) in [4.78, 5) is 9.96. The van der Waals surface area contributed by atoms with Crippen molar-refractivity contribution < 1.29 is 13.3 Å². The Morgan fingerprint density at radius 1 is 1.09 bits per heavy atom. The van der Waals surface area contributed by atoms with Gasteiger partial charge in [-0.05, 0) is 29.7 Å². The largest absolute Gasteiger partial charge is 0.280 e. The molecule has 0 amide bonds. The average molecular weight is 320 g/mol. The van der Waals surface area contributed by atoms with Gasteiger partial charge in [-0.25, -0.2) is 8.42 Å². The fourth-order valence-electron chi connectivity index (χ4n) is 1.91. The van der Waals surface area contributed by atoms with Crippen LogP contribution in [-0.2, 0) is 10.0 Å². The lowest BCUT2D eigenvalue weighted by molar-refractivity contribution is -0.385. The van der Waals surface area contributed by atoms with Gasteiger partial charge in [-0.2, -0.15) is 0 Å². The molecule has 0 bridgehead atoms. The Hall–Kier alpha value is -2.41. The summed E-state index contributed by atoms with van der Waals surface area (Å²) in [6.07, 6.45) is 0. The Morgan fingerprint density at radius 2 is 1.73 bits per heavy atom. The number of nitrogens with zero attached hydrogens (tertiary/aromatic N) is 1. The van der Waals surface area contributed by atoms with E-state index in [1.54, 1.807) is 12.1 Å². The summed E-state index contributed by atoms with van der Waals surface area (Å²) in [5.41, 5.74) is 1.24. The molecule has 0 radical (unpaired) electrons. The molecule has 0 unspecified atom stereocenters. The van der Waals surface area contributed by atoms with E-state index < -0.39 is 14.9 Å². The molecule has 0 atom stereocenters. The zero-order valence-corrected chi connectivity index (χ0v) is 13.0. The number of nitrogens with one attached hydrogen (secondary N) is 1. The molecule has 0 aliphatic rings. The third-order valence-electron chi connectivity index (χ3n) is 3.17. The van der Waals surface area contributed by atoms with Crippen LogP contribution in [0.25, 0.3) is 0 Å². The molecule has 0 spiro atoms. The first-order valence-corrected chi connectivity index (χ1v) is 8.15. The van der Waals surface area contributed by atoms with Crippen LogP contribution in [0.15, 0.2) is 53.4 Å². The van der Waals surface area contributed by atoms with E-state index in [9.17, 15) is 18.5 Å². The van der Waals surface area contributed by atoms with E-state index in [1.165, 1.54) is 18.2 Å². The number of rotatable bonds is 5. The van der Waals surface area contributed by atoms with Gasteiger partial charge < -0.3 is 0 Å². The topological polar surface area (TPSA) is 89.3 Å². The van der Waals surface area contributed by atoms with Crippen LogP contribution in [0.5, 0.6) is 0 Å². The molecule has 2 aromatic rings. The van der Waals surface area contributed by atoms with Crippen LogP contribution < -0.4 is 4.72 Å². The Bertz CT molecular complexity index is 783. The first-order chi connectivity index (χ1) is 10.3. The van der Waals surface area contributed by atoms with Gasteiger partial charge in [0.15, 0.2) is 0 Å². The molecule has 2 rings (SSSR count). The monoisotopic (exact) mass is 320 g/mol. The van der Waals surface area contributed by atoms with Crippen molar-refractivity contribution in [3.05, 3.63) is 64.2 Å². The third-order valence-corrected chi connectivity index (χ3v) is 4.55. The highest BCUT2D eigenvalue weighted by atomic mass is 32.2. The highest BCUT2D eigenvalue weighted by Gasteiger charge is 2.17. The van der Waals surface area contributed by atoms with Crippen LogP contribution in [0.1, 0.15) is 25.3 Å². The summed E-state index contributed by atoms with van der Waals surface area (Å²) < 4.78 is 26.9. The van der Waals surface area contributed by atoms with Gasteiger partial charge in [-0.15, -0.1) is 0 Å². The first kappa shape index (κ1) is 16.0. The standard InChI is InChI=1S/C15H16N2O4S/c1-11(2)12-6-8-13(9-7-12)16-22(20,21)15-5-3-4-14(10-15)17(18)19/h3-11,16H,1-2H3. The maximum atomic E-state index is 12.3. The molecular weight excluding hydrogens is 304 g/mol. The minimum absolute atomic E-state index is 0.144. The molecule has 0 aliphatic carbocycles. The number of hydrogen-bond acceptors (Lipinski definition) is 4. The molecule has 6 nitrogen and oxygen atoms in total. The van der Waals surface area contributed by atoms with Gasteiger partial charge >= 0.3 is 0 Å². The zero-order chi connectivity index (χ0) is 16.3. The van der Waals surface area contributed by atoms with Crippen LogP contribution in [0.4, 0.5) is 11.4 Å². The Balaban J connectivity index is 2.27. The van der Waals surface area contributed by atoms with E-state index in [-0.39, 0.29) is 10.6 Å². The number of nitro benzene ring substituents is 1. The molecule has 0 saturated heterocycles. The summed E-state index contributed by atoms with van der Waals surface area (Å²) in [5, 5.41) is 10.7. The van der Waals surface area contributed by atoms with E-state index in [1.807, 2.05) is 26.0 Å². The molecule has 0 saturated carbocycles. The Morgan fingerprint density at radius 3 is 2.27 bits per heavy atom. The lowest BCUT2D eigenvalue weighted by Gasteiger charge is -2.10. The maximum absolute atomic E-state index is 12.3. The minimum Gasteiger partial charge on any atom is -0.280 e. The number of sulfonamides is 1. The van der Waals surface area contributed by atoms with Crippen molar-refractivity contribution >= 4 is 21.4 Å². The first-order valence-electron chi connectivity index (χ1n) is 6.67. The number of benzene rings is 2. The molecule has 2 aromatic carbocycles. The van der Waals surface area contributed by atoms with Crippen LogP contribution in [-0.4, -0.2) is 13.3 Å². The van der Waals surface area contributed by atoms with Crippen LogP contribution >= 0.6 is 0 Å². The predicted octanol–water partition coefficient (Wildman–Crippen LogP) is 3.52. The quantitative estimate of drug-likeness (QED) is 0.674. The lowest BCUT2D eigenvalue weighted by atomic mass is 10.0. The van der Waals surface area contributed by atoms with Crippen molar-refractivity contribution in [1.82, 2.24) is 0 Å². The van der Waals surface area contributed by atoms with E-state index in [2.05, 4.69) is 4.72 Å². The van der Waals surface area contributed by atoms with E-state index >= 15 is 0 Å². The van der Waals surface area contributed by atoms with Gasteiger partial charge in [0, 0.05) is 17.8 Å². The molecule has 0 aromatic heterocycles. The second-order valence-corrected chi connectivity index (χ2v) is 6.82. The van der Waals surface area contributed by atoms with Gasteiger partial charge in [0.2, 0.25) is 0 Å². The summed E-state index contributed by atoms with van der Waals surface area (Å²) in [6, 6.07) is 12.0. The van der Waals surface area contributed by atoms with Crippen molar-refractivity contribution in [3.63, 3.8) is 0 Å². The second kappa shape index (κ2) is 6.15. The molecular formula is C15H16N2O4S. The minimum atomic E-state index is -3.86. The van der Waals surface area contributed by atoms with Crippen molar-refractivity contribution in [2.24, 2.45) is 0 Å². The van der Waals surface area contributed by atoms with E-state index in [4.69, 9.17) is 0 Å². The maximum Gasteiger partial charge on any atom is 0.270 e. The molecule has 7 heteroatoms. The summed E-state index contributed by atoms with van der Waals surface area (Å²) in [6.45, 7) is 4.09. The van der Waals surface area contributed by atoms with Gasteiger partial charge in [0.1, 0.15) is 0 Å². The summed E-state index contributed by atoms with van der Waals surface area (Å²) in [7, 11) is -3.86. The molecule has 0 aliphatic heterocycles. The highest BCUT2D eigenvalue weighted by Crippen LogP contribution is 2.22. The van der Waals surface area contributed by atoms with Crippen LogP contribution in [0, 0.1) is 10.1 Å². The Kier molecular flexibility index (Phi) is 4.46. The molecule has 0 heterocycles. The molecule has 22 heavy (non-hydrogen) atoms. The van der Waals surface area contributed by atoms with Gasteiger partial charge in [-0.3, -0.25) is 14.8 Å². The number of anilines is 1. The van der Waals surface area contributed by atoms with Gasteiger partial charge in [-0.1, -0.05) is 32.0 Å². The third kappa shape index (κ3) is 3.62. The lowest BCUT2D eigenvalue weighted by Crippen LogP contribution is -2.13. The van der Waals surface area contributed by atoms with Crippen molar-refractivity contribution in [2.75, 3.05) is 4.72 Å². The SMILES string of the molecule is CC(C)c1ccc(NS(=O)(=O)c2cccc([N+](=O)[O-])c2)cc1. The molecule has 0 fully saturated rings. The molecule has 116 valence electrons. The fourth-order valence-corrected chi connectivity index (χ4v) is 3.01. The average Bonchev–Trinajstić information content (AvgIpc) is 2.47. The van der Waals surface area contributed by atoms with Crippen LogP contribution in [0.2, 0.25) is 0 Å². The van der Waals surface area contributed by atoms with Crippen molar-refractivity contribution in [2.45, 2.75) is 24.7 Å². The van der Waals surface area contributed by atoms with Crippen molar-refractivity contribution in [1.29, 1.82) is 0 Å². The summed E-state index contributed by atoms with van der Waals surface area (Å²) >= 11 is 0. The fraction of sp³-hybridized carbons (Fsp3) is 0.200.